The summed E-state index contributed by atoms with van der Waals surface area (Å²) in [5.74, 6) is 0. The van der Waals surface area contributed by atoms with Gasteiger partial charge in [0.2, 0.25) is 0 Å². The van der Waals surface area contributed by atoms with E-state index in [-0.39, 0.29) is 5.54 Å². The predicted molar refractivity (Wildman–Crippen MR) is 70.3 cm³/mol. The van der Waals surface area contributed by atoms with E-state index >= 15 is 0 Å². The summed E-state index contributed by atoms with van der Waals surface area (Å²) in [6.45, 7) is 0.666. The summed E-state index contributed by atoms with van der Waals surface area (Å²) in [5.41, 5.74) is 0.685. The minimum absolute atomic E-state index is 0.250. The highest BCUT2D eigenvalue weighted by Crippen LogP contribution is 2.42. The van der Waals surface area contributed by atoms with E-state index in [1.54, 1.807) is 19.3 Å². The van der Waals surface area contributed by atoms with Crippen molar-refractivity contribution in [3.63, 3.8) is 0 Å². The Bertz CT molecular complexity index is 445. The van der Waals surface area contributed by atoms with Gasteiger partial charge in [-0.05, 0) is 25.0 Å². The molecular weight excluding hydrogens is 254 g/mol. The fraction of sp³-hybridized carbons (Fsp3) is 0.500. The summed E-state index contributed by atoms with van der Waals surface area (Å²) in [7, 11) is 3.56. The molecule has 1 aliphatic carbocycles. The number of carbonyl (C=O) groups is 1. The molecule has 2 rings (SSSR count). The van der Waals surface area contributed by atoms with Crippen LogP contribution in [0.5, 0.6) is 0 Å². The lowest BCUT2D eigenvalue weighted by molar-refractivity contribution is 0.133. The summed E-state index contributed by atoms with van der Waals surface area (Å²) in [6.07, 6.45) is 2.62. The van der Waals surface area contributed by atoms with Crippen LogP contribution in [0.25, 0.3) is 0 Å². The second-order valence-electron chi connectivity index (χ2n) is 4.76. The van der Waals surface area contributed by atoms with Crippen molar-refractivity contribution in [2.24, 2.45) is 0 Å². The number of likely N-dealkylation sites (N-methyl/N-ethyl adjacent to an activating group) is 2. The first-order valence-corrected chi connectivity index (χ1v) is 6.12. The third-order valence-corrected chi connectivity index (χ3v) is 3.73. The molecule has 0 aromatic carbocycles. The number of hydrogen-bond acceptors (Lipinski definition) is 3. The molecule has 1 N–H and O–H groups in total. The van der Waals surface area contributed by atoms with E-state index in [0.717, 1.165) is 18.5 Å². The van der Waals surface area contributed by atoms with Crippen molar-refractivity contribution >= 4 is 23.4 Å². The van der Waals surface area contributed by atoms with E-state index in [1.807, 2.05) is 18.0 Å². The van der Waals surface area contributed by atoms with Crippen LogP contribution in [0.15, 0.2) is 18.3 Å². The van der Waals surface area contributed by atoms with Crippen molar-refractivity contribution in [2.45, 2.75) is 18.4 Å². The Morgan fingerprint density at radius 3 is 2.61 bits per heavy atom. The fourth-order valence-electron chi connectivity index (χ4n) is 2.07. The zero-order chi connectivity index (χ0) is 13.3. The maximum absolute atomic E-state index is 11.0. The van der Waals surface area contributed by atoms with Gasteiger partial charge in [-0.1, -0.05) is 11.6 Å². The number of aromatic nitrogens is 1. The van der Waals surface area contributed by atoms with Crippen LogP contribution >= 0.6 is 11.6 Å². The van der Waals surface area contributed by atoms with Crippen LogP contribution in [0, 0.1) is 0 Å². The summed E-state index contributed by atoms with van der Waals surface area (Å²) >= 11 is 5.74. The topological polar surface area (TPSA) is 56.7 Å². The Balaban J connectivity index is 2.05. The van der Waals surface area contributed by atoms with Crippen molar-refractivity contribution in [3.05, 3.63) is 23.5 Å². The average molecular weight is 270 g/mol. The van der Waals surface area contributed by atoms with E-state index in [4.69, 9.17) is 16.7 Å². The van der Waals surface area contributed by atoms with E-state index in [2.05, 4.69) is 4.98 Å². The van der Waals surface area contributed by atoms with Crippen LogP contribution in [0.4, 0.5) is 10.5 Å². The van der Waals surface area contributed by atoms with Gasteiger partial charge in [0.25, 0.3) is 0 Å². The molecule has 0 saturated heterocycles. The summed E-state index contributed by atoms with van der Waals surface area (Å²) < 4.78 is 0. The fourth-order valence-corrected chi connectivity index (χ4v) is 2.19. The summed E-state index contributed by atoms with van der Waals surface area (Å²) in [4.78, 5) is 18.5. The van der Waals surface area contributed by atoms with Crippen LogP contribution in [-0.2, 0) is 0 Å². The Hall–Kier alpha value is -1.49. The lowest BCUT2D eigenvalue weighted by Crippen LogP contribution is -2.45. The minimum atomic E-state index is -0.880. The lowest BCUT2D eigenvalue weighted by Gasteiger charge is -2.31. The SMILES string of the molecule is CN(CC1(N(C)C(=O)O)CC1)c1ccc(Cl)nc1. The van der Waals surface area contributed by atoms with Crippen LogP contribution in [0.2, 0.25) is 5.15 Å². The maximum Gasteiger partial charge on any atom is 0.407 e. The number of halogens is 1. The molecule has 0 spiro atoms. The number of rotatable bonds is 4. The minimum Gasteiger partial charge on any atom is -0.465 e. The molecule has 0 atom stereocenters. The van der Waals surface area contributed by atoms with Gasteiger partial charge in [-0.15, -0.1) is 0 Å². The highest BCUT2D eigenvalue weighted by atomic mass is 35.5. The average Bonchev–Trinajstić information content (AvgIpc) is 3.09. The normalized spacial score (nSPS) is 16.2. The Morgan fingerprint density at radius 2 is 2.17 bits per heavy atom. The highest BCUT2D eigenvalue weighted by Gasteiger charge is 2.49. The van der Waals surface area contributed by atoms with Crippen molar-refractivity contribution in [2.75, 3.05) is 25.5 Å². The molecule has 1 aromatic heterocycles. The van der Waals surface area contributed by atoms with Crippen LogP contribution in [0.3, 0.4) is 0 Å². The van der Waals surface area contributed by atoms with E-state index in [0.29, 0.717) is 11.7 Å². The molecule has 1 aromatic rings. The van der Waals surface area contributed by atoms with Crippen molar-refractivity contribution in [1.82, 2.24) is 9.88 Å². The molecule has 6 heteroatoms. The van der Waals surface area contributed by atoms with E-state index < -0.39 is 6.09 Å². The van der Waals surface area contributed by atoms with Gasteiger partial charge < -0.3 is 14.9 Å². The molecule has 0 aliphatic heterocycles. The molecule has 18 heavy (non-hydrogen) atoms. The molecule has 1 heterocycles. The molecule has 0 bridgehead atoms. The monoisotopic (exact) mass is 269 g/mol. The molecule has 98 valence electrons. The number of amides is 1. The van der Waals surface area contributed by atoms with Gasteiger partial charge in [0.1, 0.15) is 5.15 Å². The number of hydrogen-bond donors (Lipinski definition) is 1. The molecule has 1 saturated carbocycles. The lowest BCUT2D eigenvalue weighted by atomic mass is 10.2. The molecule has 0 radical (unpaired) electrons. The quantitative estimate of drug-likeness (QED) is 0.853. The molecule has 1 amide bonds. The first kappa shape index (κ1) is 13.0. The van der Waals surface area contributed by atoms with E-state index in [9.17, 15) is 4.79 Å². The largest absolute Gasteiger partial charge is 0.465 e. The third kappa shape index (κ3) is 2.51. The number of nitrogens with zero attached hydrogens (tertiary/aromatic N) is 3. The Kier molecular flexibility index (Phi) is 3.34. The molecule has 0 unspecified atom stereocenters. The summed E-state index contributed by atoms with van der Waals surface area (Å²) in [5, 5.41) is 9.51. The Labute approximate surface area is 111 Å². The second kappa shape index (κ2) is 4.65. The first-order valence-electron chi connectivity index (χ1n) is 5.74. The van der Waals surface area contributed by atoms with Crippen molar-refractivity contribution < 1.29 is 9.90 Å². The van der Waals surface area contributed by atoms with Crippen LogP contribution < -0.4 is 4.90 Å². The number of carboxylic acid groups (broad SMARTS) is 1. The highest BCUT2D eigenvalue weighted by molar-refractivity contribution is 6.29. The molecule has 1 fully saturated rings. The zero-order valence-corrected chi connectivity index (χ0v) is 11.2. The smallest absolute Gasteiger partial charge is 0.407 e. The van der Waals surface area contributed by atoms with Gasteiger partial charge in [0.15, 0.2) is 0 Å². The van der Waals surface area contributed by atoms with Gasteiger partial charge in [-0.3, -0.25) is 0 Å². The van der Waals surface area contributed by atoms with Gasteiger partial charge in [-0.25, -0.2) is 9.78 Å². The molecular formula is C12H16ClN3O2. The molecule has 5 nitrogen and oxygen atoms in total. The second-order valence-corrected chi connectivity index (χ2v) is 5.15. The first-order chi connectivity index (χ1) is 8.44. The predicted octanol–water partition coefficient (Wildman–Crippen LogP) is 2.31. The van der Waals surface area contributed by atoms with Crippen molar-refractivity contribution in [1.29, 1.82) is 0 Å². The third-order valence-electron chi connectivity index (χ3n) is 3.51. The Morgan fingerprint density at radius 1 is 1.50 bits per heavy atom. The zero-order valence-electron chi connectivity index (χ0n) is 10.4. The number of pyridine rings is 1. The van der Waals surface area contributed by atoms with Crippen LogP contribution in [0.1, 0.15) is 12.8 Å². The van der Waals surface area contributed by atoms with Crippen molar-refractivity contribution in [3.8, 4) is 0 Å². The van der Waals surface area contributed by atoms with Gasteiger partial charge >= 0.3 is 6.09 Å². The van der Waals surface area contributed by atoms with Gasteiger partial charge in [0.05, 0.1) is 17.4 Å². The summed E-state index contributed by atoms with van der Waals surface area (Å²) in [6, 6.07) is 3.61. The molecule has 1 aliphatic rings. The standard InChI is InChI=1S/C12H16ClN3O2/c1-15(9-3-4-10(13)14-7-9)8-12(5-6-12)16(2)11(17)18/h3-4,7H,5-6,8H2,1-2H3,(H,17,18). The van der Waals surface area contributed by atoms with E-state index in [1.165, 1.54) is 4.90 Å². The van der Waals surface area contributed by atoms with Gasteiger partial charge in [0, 0.05) is 20.6 Å². The number of anilines is 1. The van der Waals surface area contributed by atoms with Crippen LogP contribution in [-0.4, -0.2) is 47.3 Å². The maximum atomic E-state index is 11.0. The van der Waals surface area contributed by atoms with Gasteiger partial charge in [-0.2, -0.15) is 0 Å².